The average molecular weight is 267 g/mol. The van der Waals surface area contributed by atoms with E-state index in [9.17, 15) is 14.4 Å². The number of methoxy groups -OCH3 is 1. The summed E-state index contributed by atoms with van der Waals surface area (Å²) < 4.78 is 9.23. The Hall–Kier alpha value is -2.14. The molecule has 0 aliphatic carbocycles. The summed E-state index contributed by atoms with van der Waals surface area (Å²) >= 11 is 5.72. The largest absolute Gasteiger partial charge is 0.465 e. The van der Waals surface area contributed by atoms with Crippen LogP contribution in [0.25, 0.3) is 5.76 Å². The first-order valence-corrected chi connectivity index (χ1v) is 5.27. The van der Waals surface area contributed by atoms with Crippen LogP contribution in [0.3, 0.4) is 0 Å². The fourth-order valence-corrected chi connectivity index (χ4v) is 1.61. The number of ketones is 1. The summed E-state index contributed by atoms with van der Waals surface area (Å²) in [4.78, 5) is 34.2. The SMILES string of the molecule is COC(=O)C1=C(c2ccc(Cl)cc2)OC(=O)C1=O. The molecule has 0 bridgehead atoms. The molecule has 2 rings (SSSR count). The van der Waals surface area contributed by atoms with Gasteiger partial charge in [0.25, 0.3) is 5.78 Å². The van der Waals surface area contributed by atoms with Crippen LogP contribution >= 0.6 is 11.6 Å². The molecule has 6 heteroatoms. The van der Waals surface area contributed by atoms with Crippen LogP contribution in [0.4, 0.5) is 0 Å². The zero-order chi connectivity index (χ0) is 13.3. The summed E-state index contributed by atoms with van der Waals surface area (Å²) in [6.45, 7) is 0. The molecule has 0 spiro atoms. The number of benzene rings is 1. The molecule has 1 aliphatic rings. The van der Waals surface area contributed by atoms with E-state index in [1.807, 2.05) is 0 Å². The molecule has 0 amide bonds. The predicted octanol–water partition coefficient (Wildman–Crippen LogP) is 1.35. The molecule has 1 heterocycles. The van der Waals surface area contributed by atoms with E-state index < -0.39 is 23.3 Å². The van der Waals surface area contributed by atoms with Crippen molar-refractivity contribution in [3.05, 3.63) is 40.4 Å². The van der Waals surface area contributed by atoms with Crippen molar-refractivity contribution in [1.29, 1.82) is 0 Å². The van der Waals surface area contributed by atoms with E-state index in [-0.39, 0.29) is 5.76 Å². The van der Waals surface area contributed by atoms with Crippen LogP contribution in [0.5, 0.6) is 0 Å². The Morgan fingerprint density at radius 2 is 1.83 bits per heavy atom. The Kier molecular flexibility index (Phi) is 3.16. The number of hydrogen-bond acceptors (Lipinski definition) is 5. The molecule has 0 radical (unpaired) electrons. The molecule has 1 aliphatic heterocycles. The topological polar surface area (TPSA) is 69.7 Å². The molecule has 0 saturated heterocycles. The van der Waals surface area contributed by atoms with Crippen molar-refractivity contribution >= 4 is 35.1 Å². The molecular formula is C12H7ClO5. The van der Waals surface area contributed by atoms with Crippen molar-refractivity contribution in [1.82, 2.24) is 0 Å². The highest BCUT2D eigenvalue weighted by Crippen LogP contribution is 2.28. The Morgan fingerprint density at radius 3 is 2.39 bits per heavy atom. The smallest absolute Gasteiger partial charge is 0.385 e. The van der Waals surface area contributed by atoms with Gasteiger partial charge < -0.3 is 9.47 Å². The number of carbonyl (C=O) groups excluding carboxylic acids is 3. The van der Waals surface area contributed by atoms with Gasteiger partial charge >= 0.3 is 11.9 Å². The van der Waals surface area contributed by atoms with Gasteiger partial charge in [0, 0.05) is 10.6 Å². The van der Waals surface area contributed by atoms with Crippen LogP contribution in [0, 0.1) is 0 Å². The molecule has 0 unspecified atom stereocenters. The maximum atomic E-state index is 11.5. The van der Waals surface area contributed by atoms with Crippen LogP contribution in [0.1, 0.15) is 5.56 Å². The fraction of sp³-hybridized carbons (Fsp3) is 0.0833. The lowest BCUT2D eigenvalue weighted by Gasteiger charge is -2.03. The zero-order valence-electron chi connectivity index (χ0n) is 9.23. The van der Waals surface area contributed by atoms with E-state index in [2.05, 4.69) is 4.74 Å². The van der Waals surface area contributed by atoms with Crippen LogP contribution < -0.4 is 0 Å². The summed E-state index contributed by atoms with van der Waals surface area (Å²) in [5, 5.41) is 0.481. The Bertz CT molecular complexity index is 571. The molecule has 0 fully saturated rings. The lowest BCUT2D eigenvalue weighted by molar-refractivity contribution is -0.146. The third kappa shape index (κ3) is 2.00. The van der Waals surface area contributed by atoms with Gasteiger partial charge in [0.15, 0.2) is 11.3 Å². The molecule has 0 N–H and O–H groups in total. The molecular weight excluding hydrogens is 260 g/mol. The number of hydrogen-bond donors (Lipinski definition) is 0. The third-order valence-corrected chi connectivity index (χ3v) is 2.58. The first-order valence-electron chi connectivity index (χ1n) is 4.89. The fourth-order valence-electron chi connectivity index (χ4n) is 1.49. The van der Waals surface area contributed by atoms with Crippen LogP contribution in [0.2, 0.25) is 5.02 Å². The van der Waals surface area contributed by atoms with E-state index >= 15 is 0 Å². The van der Waals surface area contributed by atoms with Gasteiger partial charge in [-0.2, -0.15) is 0 Å². The quantitative estimate of drug-likeness (QED) is 0.459. The van der Waals surface area contributed by atoms with E-state index in [1.165, 1.54) is 12.1 Å². The third-order valence-electron chi connectivity index (χ3n) is 2.33. The van der Waals surface area contributed by atoms with E-state index in [1.54, 1.807) is 12.1 Å². The minimum atomic E-state index is -1.10. The van der Waals surface area contributed by atoms with Crippen molar-refractivity contribution < 1.29 is 23.9 Å². The van der Waals surface area contributed by atoms with Crippen molar-refractivity contribution in [3.63, 3.8) is 0 Å². The number of cyclic esters (lactones) is 1. The molecule has 5 nitrogen and oxygen atoms in total. The normalized spacial score (nSPS) is 14.8. The number of carbonyl (C=O) groups is 3. The Balaban J connectivity index is 2.54. The molecule has 1 aromatic rings. The number of halogens is 1. The van der Waals surface area contributed by atoms with E-state index in [0.717, 1.165) is 7.11 Å². The van der Waals surface area contributed by atoms with Crippen molar-refractivity contribution in [2.75, 3.05) is 7.11 Å². The van der Waals surface area contributed by atoms with E-state index in [4.69, 9.17) is 16.3 Å². The van der Waals surface area contributed by atoms with Gasteiger partial charge in [0.05, 0.1) is 7.11 Å². The Labute approximate surface area is 107 Å². The summed E-state index contributed by atoms with van der Waals surface area (Å²) in [5.74, 6) is -3.11. The molecule has 0 saturated carbocycles. The standard InChI is InChI=1S/C12H7ClO5/c1-17-11(15)8-9(14)12(16)18-10(8)6-2-4-7(13)5-3-6/h2-5H,1H3. The van der Waals surface area contributed by atoms with Crippen molar-refractivity contribution in [2.24, 2.45) is 0 Å². The molecule has 18 heavy (non-hydrogen) atoms. The average Bonchev–Trinajstić information content (AvgIpc) is 2.66. The van der Waals surface area contributed by atoms with Crippen LogP contribution in [-0.4, -0.2) is 24.8 Å². The minimum Gasteiger partial charge on any atom is -0.465 e. The van der Waals surface area contributed by atoms with Crippen molar-refractivity contribution in [3.8, 4) is 0 Å². The number of esters is 2. The molecule has 0 atom stereocenters. The summed E-state index contributed by atoms with van der Waals surface area (Å²) in [6, 6.07) is 6.17. The molecule has 1 aromatic carbocycles. The lowest BCUT2D eigenvalue weighted by atomic mass is 10.1. The highest BCUT2D eigenvalue weighted by molar-refractivity contribution is 6.51. The van der Waals surface area contributed by atoms with Crippen LogP contribution in [-0.2, 0) is 23.9 Å². The first-order chi connectivity index (χ1) is 8.54. The monoisotopic (exact) mass is 266 g/mol. The molecule has 0 aromatic heterocycles. The number of rotatable bonds is 2. The van der Waals surface area contributed by atoms with Gasteiger partial charge in [0.1, 0.15) is 0 Å². The highest BCUT2D eigenvalue weighted by Gasteiger charge is 2.39. The van der Waals surface area contributed by atoms with Crippen molar-refractivity contribution in [2.45, 2.75) is 0 Å². The predicted molar refractivity (Wildman–Crippen MR) is 61.5 cm³/mol. The number of ether oxygens (including phenoxy) is 2. The summed E-state index contributed by atoms with van der Waals surface area (Å²) in [6.07, 6.45) is 0. The van der Waals surface area contributed by atoms with Gasteiger partial charge in [-0.3, -0.25) is 4.79 Å². The lowest BCUT2D eigenvalue weighted by Crippen LogP contribution is -2.16. The van der Waals surface area contributed by atoms with Gasteiger partial charge in [-0.15, -0.1) is 0 Å². The number of Topliss-reactive ketones (excluding diaryl/α,β-unsaturated/α-hetero) is 1. The van der Waals surface area contributed by atoms with Gasteiger partial charge in [-0.1, -0.05) is 11.6 Å². The second kappa shape index (κ2) is 4.62. The maximum absolute atomic E-state index is 11.5. The zero-order valence-corrected chi connectivity index (χ0v) is 9.98. The summed E-state index contributed by atoms with van der Waals surface area (Å²) in [5.41, 5.74) is 0.00354. The molecule has 92 valence electrons. The second-order valence-electron chi connectivity index (χ2n) is 3.42. The van der Waals surface area contributed by atoms with E-state index in [0.29, 0.717) is 10.6 Å². The van der Waals surface area contributed by atoms with Gasteiger partial charge in [0.2, 0.25) is 0 Å². The van der Waals surface area contributed by atoms with Crippen LogP contribution in [0.15, 0.2) is 29.8 Å². The van der Waals surface area contributed by atoms with Gasteiger partial charge in [-0.25, -0.2) is 9.59 Å². The van der Waals surface area contributed by atoms with Gasteiger partial charge in [-0.05, 0) is 24.3 Å². The highest BCUT2D eigenvalue weighted by atomic mass is 35.5. The Morgan fingerprint density at radius 1 is 1.22 bits per heavy atom. The maximum Gasteiger partial charge on any atom is 0.385 e. The second-order valence-corrected chi connectivity index (χ2v) is 3.86. The summed E-state index contributed by atoms with van der Waals surface area (Å²) in [7, 11) is 1.12. The minimum absolute atomic E-state index is 0.103. The first kappa shape index (κ1) is 12.3.